The molecule has 0 aliphatic carbocycles. The fourth-order valence-corrected chi connectivity index (χ4v) is 4.00. The van der Waals surface area contributed by atoms with Crippen LogP contribution in [0.5, 0.6) is 0 Å². The van der Waals surface area contributed by atoms with Crippen LogP contribution in [0.15, 0.2) is 69.2 Å². The van der Waals surface area contributed by atoms with Crippen LogP contribution in [0.25, 0.3) is 22.4 Å². The third-order valence-electron chi connectivity index (χ3n) is 4.79. The van der Waals surface area contributed by atoms with E-state index in [-0.39, 0.29) is 24.5 Å². The van der Waals surface area contributed by atoms with E-state index in [4.69, 9.17) is 9.15 Å². The fourth-order valence-electron chi connectivity index (χ4n) is 3.10. The maximum Gasteiger partial charge on any atom is 0.307 e. The van der Waals surface area contributed by atoms with Gasteiger partial charge in [0.2, 0.25) is 5.89 Å². The molecule has 0 spiro atoms. The molecule has 2 aromatic carbocycles. The molecular weight excluding hydrogens is 414 g/mol. The summed E-state index contributed by atoms with van der Waals surface area (Å²) in [6, 6.07) is 15.1. The van der Waals surface area contributed by atoms with Crippen LogP contribution in [0, 0.1) is 6.92 Å². The predicted molar refractivity (Wildman–Crippen MR) is 119 cm³/mol. The van der Waals surface area contributed by atoms with Crippen LogP contribution < -0.4 is 5.56 Å². The van der Waals surface area contributed by atoms with Crippen LogP contribution in [-0.2, 0) is 21.8 Å². The number of para-hydroxylation sites is 1. The second kappa shape index (κ2) is 9.18. The van der Waals surface area contributed by atoms with Crippen molar-refractivity contribution in [1.29, 1.82) is 0 Å². The summed E-state index contributed by atoms with van der Waals surface area (Å²) in [5.74, 6) is 0.638. The summed E-state index contributed by atoms with van der Waals surface area (Å²) in [6.07, 6.45) is 1.70. The van der Waals surface area contributed by atoms with E-state index in [1.54, 1.807) is 24.5 Å². The highest BCUT2D eigenvalue weighted by atomic mass is 32.2. The van der Waals surface area contributed by atoms with Gasteiger partial charge in [0, 0.05) is 17.9 Å². The molecule has 0 radical (unpaired) electrons. The number of methoxy groups -OCH3 is 1. The van der Waals surface area contributed by atoms with Gasteiger partial charge in [0.25, 0.3) is 5.56 Å². The zero-order valence-electron chi connectivity index (χ0n) is 17.2. The number of carbonyl (C=O) groups excluding carboxylic acids is 1. The van der Waals surface area contributed by atoms with Gasteiger partial charge in [0.15, 0.2) is 5.16 Å². The molecule has 0 aliphatic heterocycles. The second-order valence-electron chi connectivity index (χ2n) is 6.99. The molecule has 2 heterocycles. The molecule has 0 atom stereocenters. The van der Waals surface area contributed by atoms with Crippen LogP contribution in [-0.4, -0.2) is 27.6 Å². The average molecular weight is 436 g/mol. The average Bonchev–Trinajstić information content (AvgIpc) is 3.26. The Bertz CT molecular complexity index is 1280. The molecule has 0 amide bonds. The molecule has 0 fully saturated rings. The van der Waals surface area contributed by atoms with Crippen molar-refractivity contribution in [3.05, 3.63) is 76.4 Å². The Balaban J connectivity index is 1.59. The van der Waals surface area contributed by atoms with Crippen LogP contribution in [0.3, 0.4) is 0 Å². The minimum Gasteiger partial charge on any atom is -0.469 e. The van der Waals surface area contributed by atoms with E-state index in [1.807, 2.05) is 37.3 Å². The van der Waals surface area contributed by atoms with E-state index in [9.17, 15) is 9.59 Å². The lowest BCUT2D eigenvalue weighted by atomic mass is 10.1. The first-order valence-corrected chi connectivity index (χ1v) is 10.7. The molecule has 0 saturated carbocycles. The lowest BCUT2D eigenvalue weighted by Gasteiger charge is -2.12. The van der Waals surface area contributed by atoms with Gasteiger partial charge in [-0.25, -0.2) is 9.97 Å². The zero-order valence-corrected chi connectivity index (χ0v) is 18.0. The molecule has 158 valence electrons. The Morgan fingerprint density at radius 3 is 2.68 bits per heavy atom. The summed E-state index contributed by atoms with van der Waals surface area (Å²) in [7, 11) is 1.33. The topological polar surface area (TPSA) is 87.2 Å². The van der Waals surface area contributed by atoms with Gasteiger partial charge < -0.3 is 9.15 Å². The number of benzene rings is 2. The number of esters is 1. The SMILES string of the molecule is COC(=O)CCn1c(SCc2coc(-c3ccc(C)cc3)n2)nc2ccccc2c1=O. The summed E-state index contributed by atoms with van der Waals surface area (Å²) in [5.41, 5.74) is 3.24. The number of aromatic nitrogens is 3. The second-order valence-corrected chi connectivity index (χ2v) is 7.94. The monoisotopic (exact) mass is 435 g/mol. The highest BCUT2D eigenvalue weighted by Gasteiger charge is 2.14. The molecule has 4 rings (SSSR count). The quantitative estimate of drug-likeness (QED) is 0.244. The van der Waals surface area contributed by atoms with Gasteiger partial charge in [0.1, 0.15) is 6.26 Å². The number of aryl methyl sites for hydroxylation is 1. The summed E-state index contributed by atoms with van der Waals surface area (Å²) in [5, 5.41) is 1.03. The lowest BCUT2D eigenvalue weighted by molar-refractivity contribution is -0.140. The van der Waals surface area contributed by atoms with Gasteiger partial charge in [-0.15, -0.1) is 0 Å². The number of carbonyl (C=O) groups is 1. The van der Waals surface area contributed by atoms with Crippen LogP contribution >= 0.6 is 11.8 Å². The lowest BCUT2D eigenvalue weighted by Crippen LogP contribution is -2.24. The van der Waals surface area contributed by atoms with Crippen molar-refractivity contribution in [3.63, 3.8) is 0 Å². The predicted octanol–water partition coefficient (Wildman–Crippen LogP) is 4.22. The van der Waals surface area contributed by atoms with Crippen LogP contribution in [0.1, 0.15) is 17.7 Å². The van der Waals surface area contributed by atoms with E-state index in [0.29, 0.717) is 27.7 Å². The van der Waals surface area contributed by atoms with E-state index in [2.05, 4.69) is 9.97 Å². The van der Waals surface area contributed by atoms with Crippen LogP contribution in [0.4, 0.5) is 0 Å². The van der Waals surface area contributed by atoms with Crippen molar-refractivity contribution < 1.29 is 13.9 Å². The Hall–Kier alpha value is -3.39. The largest absolute Gasteiger partial charge is 0.469 e. The van der Waals surface area contributed by atoms with Gasteiger partial charge >= 0.3 is 5.97 Å². The van der Waals surface area contributed by atoms with Crippen molar-refractivity contribution in [1.82, 2.24) is 14.5 Å². The molecule has 8 heteroatoms. The highest BCUT2D eigenvalue weighted by Crippen LogP contribution is 2.25. The highest BCUT2D eigenvalue weighted by molar-refractivity contribution is 7.98. The van der Waals surface area contributed by atoms with Gasteiger partial charge in [-0.1, -0.05) is 41.6 Å². The molecule has 0 saturated heterocycles. The maximum atomic E-state index is 13.0. The van der Waals surface area contributed by atoms with Gasteiger partial charge in [-0.3, -0.25) is 14.2 Å². The number of hydrogen-bond donors (Lipinski definition) is 0. The van der Waals surface area contributed by atoms with Crippen LogP contribution in [0.2, 0.25) is 0 Å². The number of fused-ring (bicyclic) bond motifs is 1. The summed E-state index contributed by atoms with van der Waals surface area (Å²) >= 11 is 1.38. The standard InChI is InChI=1S/C23H21N3O4S/c1-15-7-9-16(10-8-15)21-24-17(13-30-21)14-31-23-25-19-6-4-3-5-18(19)22(28)26(23)12-11-20(27)29-2/h3-10,13H,11-12,14H2,1-2H3. The fraction of sp³-hybridized carbons (Fsp3) is 0.217. The first-order chi connectivity index (χ1) is 15.0. The minimum absolute atomic E-state index is 0.0888. The Kier molecular flexibility index (Phi) is 6.18. The number of thioether (sulfide) groups is 1. The van der Waals surface area contributed by atoms with Gasteiger partial charge in [-0.05, 0) is 31.2 Å². The van der Waals surface area contributed by atoms with Crippen molar-refractivity contribution in [2.75, 3.05) is 7.11 Å². The minimum atomic E-state index is -0.379. The van der Waals surface area contributed by atoms with Gasteiger partial charge in [0.05, 0.1) is 30.1 Å². The Morgan fingerprint density at radius 1 is 1.13 bits per heavy atom. The smallest absolute Gasteiger partial charge is 0.307 e. The Morgan fingerprint density at radius 2 is 1.90 bits per heavy atom. The summed E-state index contributed by atoms with van der Waals surface area (Å²) in [4.78, 5) is 33.8. The van der Waals surface area contributed by atoms with E-state index >= 15 is 0 Å². The van der Waals surface area contributed by atoms with Crippen molar-refractivity contribution in [2.24, 2.45) is 0 Å². The third kappa shape index (κ3) is 4.69. The molecule has 0 N–H and O–H groups in total. The molecular formula is C23H21N3O4S. The van der Waals surface area contributed by atoms with Gasteiger partial charge in [-0.2, -0.15) is 0 Å². The molecule has 31 heavy (non-hydrogen) atoms. The number of nitrogens with zero attached hydrogens (tertiary/aromatic N) is 3. The Labute approximate surface area is 183 Å². The normalized spacial score (nSPS) is 11.0. The molecule has 0 bridgehead atoms. The number of hydrogen-bond acceptors (Lipinski definition) is 7. The van der Waals surface area contributed by atoms with Crippen molar-refractivity contribution in [2.45, 2.75) is 30.8 Å². The first-order valence-electron chi connectivity index (χ1n) is 9.76. The molecule has 2 aromatic heterocycles. The molecule has 0 aliphatic rings. The number of oxazole rings is 1. The van der Waals surface area contributed by atoms with E-state index in [1.165, 1.54) is 29.0 Å². The molecule has 4 aromatic rings. The first kappa shape index (κ1) is 20.9. The molecule has 7 nitrogen and oxygen atoms in total. The van der Waals surface area contributed by atoms with Crippen molar-refractivity contribution in [3.8, 4) is 11.5 Å². The number of ether oxygens (including phenoxy) is 1. The third-order valence-corrected chi connectivity index (χ3v) is 5.80. The number of rotatable bonds is 7. The van der Waals surface area contributed by atoms with E-state index in [0.717, 1.165) is 11.3 Å². The maximum absolute atomic E-state index is 13.0. The van der Waals surface area contributed by atoms with Crippen molar-refractivity contribution >= 4 is 28.6 Å². The zero-order chi connectivity index (χ0) is 21.8. The summed E-state index contributed by atoms with van der Waals surface area (Å²) in [6.45, 7) is 2.22. The van der Waals surface area contributed by atoms with E-state index < -0.39 is 0 Å². The molecule has 0 unspecified atom stereocenters. The summed E-state index contributed by atoms with van der Waals surface area (Å²) < 4.78 is 11.9.